The van der Waals surface area contributed by atoms with E-state index in [0.717, 1.165) is 5.56 Å². The summed E-state index contributed by atoms with van der Waals surface area (Å²) in [4.78, 5) is 22.6. The maximum atomic E-state index is 12.1. The number of nitrogens with zero attached hydrogens (tertiary/aromatic N) is 2. The summed E-state index contributed by atoms with van der Waals surface area (Å²) in [7, 11) is 0. The SMILES string of the molecule is Cc1ccc(/C=C(\C#N)C(=O)NCc2ccccc2)cc1[N+](=O)[O-]. The van der Waals surface area contributed by atoms with E-state index in [1.165, 1.54) is 12.1 Å². The lowest BCUT2D eigenvalue weighted by Gasteiger charge is -2.04. The van der Waals surface area contributed by atoms with Crippen LogP contribution in [0.25, 0.3) is 6.08 Å². The first-order valence-corrected chi connectivity index (χ1v) is 7.20. The van der Waals surface area contributed by atoms with Crippen LogP contribution in [-0.2, 0) is 11.3 Å². The second kappa shape index (κ2) is 7.70. The van der Waals surface area contributed by atoms with E-state index in [9.17, 15) is 20.2 Å². The molecule has 6 heteroatoms. The van der Waals surface area contributed by atoms with Crippen molar-refractivity contribution >= 4 is 17.7 Å². The van der Waals surface area contributed by atoms with Crippen molar-refractivity contribution in [1.82, 2.24) is 5.32 Å². The van der Waals surface area contributed by atoms with Gasteiger partial charge in [0.25, 0.3) is 11.6 Å². The smallest absolute Gasteiger partial charge is 0.272 e. The molecule has 0 aliphatic heterocycles. The van der Waals surface area contributed by atoms with Crippen LogP contribution in [0.4, 0.5) is 5.69 Å². The van der Waals surface area contributed by atoms with Crippen LogP contribution in [0.1, 0.15) is 16.7 Å². The lowest BCUT2D eigenvalue weighted by atomic mass is 10.1. The minimum atomic E-state index is -0.524. The van der Waals surface area contributed by atoms with Gasteiger partial charge in [0.05, 0.1) is 4.92 Å². The lowest BCUT2D eigenvalue weighted by molar-refractivity contribution is -0.385. The van der Waals surface area contributed by atoms with E-state index in [-0.39, 0.29) is 11.3 Å². The lowest BCUT2D eigenvalue weighted by Crippen LogP contribution is -2.23. The first kappa shape index (κ1) is 16.9. The molecular formula is C18H15N3O3. The van der Waals surface area contributed by atoms with Crippen LogP contribution in [0.15, 0.2) is 54.1 Å². The van der Waals surface area contributed by atoms with Gasteiger partial charge in [-0.2, -0.15) is 5.26 Å². The molecule has 0 fully saturated rings. The van der Waals surface area contributed by atoms with Crippen molar-refractivity contribution in [1.29, 1.82) is 5.26 Å². The Kier molecular flexibility index (Phi) is 5.42. The number of nitro benzene ring substituents is 1. The number of nitro groups is 1. The normalized spacial score (nSPS) is 10.8. The zero-order valence-corrected chi connectivity index (χ0v) is 13.0. The molecule has 0 heterocycles. The van der Waals surface area contributed by atoms with Crippen LogP contribution in [-0.4, -0.2) is 10.8 Å². The molecule has 6 nitrogen and oxygen atoms in total. The van der Waals surface area contributed by atoms with Gasteiger partial charge in [0.1, 0.15) is 11.6 Å². The summed E-state index contributed by atoms with van der Waals surface area (Å²) in [6.45, 7) is 1.93. The largest absolute Gasteiger partial charge is 0.347 e. The number of nitrogens with one attached hydrogen (secondary N) is 1. The Bertz CT molecular complexity index is 836. The molecule has 0 bridgehead atoms. The van der Waals surface area contributed by atoms with Gasteiger partial charge >= 0.3 is 0 Å². The van der Waals surface area contributed by atoms with Crippen molar-refractivity contribution in [3.05, 3.63) is 80.9 Å². The number of benzene rings is 2. The summed E-state index contributed by atoms with van der Waals surface area (Å²) in [5.41, 5.74) is 1.70. The maximum absolute atomic E-state index is 12.1. The minimum Gasteiger partial charge on any atom is -0.347 e. The highest BCUT2D eigenvalue weighted by Gasteiger charge is 2.13. The molecule has 0 atom stereocenters. The highest BCUT2D eigenvalue weighted by Crippen LogP contribution is 2.20. The van der Waals surface area contributed by atoms with Crippen molar-refractivity contribution in [2.45, 2.75) is 13.5 Å². The second-order valence-electron chi connectivity index (χ2n) is 5.14. The quantitative estimate of drug-likeness (QED) is 0.396. The standard InChI is InChI=1S/C18H15N3O3/c1-13-7-8-15(10-17(13)21(23)24)9-16(11-19)18(22)20-12-14-5-3-2-4-6-14/h2-10H,12H2,1H3,(H,20,22)/b16-9+. The van der Waals surface area contributed by atoms with Gasteiger partial charge in [-0.25, -0.2) is 0 Å². The zero-order valence-electron chi connectivity index (χ0n) is 13.0. The van der Waals surface area contributed by atoms with E-state index >= 15 is 0 Å². The molecule has 2 aromatic carbocycles. The Hall–Kier alpha value is -3.46. The molecule has 0 aliphatic rings. The molecule has 2 rings (SSSR count). The second-order valence-corrected chi connectivity index (χ2v) is 5.14. The summed E-state index contributed by atoms with van der Waals surface area (Å²) in [5.74, 6) is -0.524. The zero-order chi connectivity index (χ0) is 17.5. The van der Waals surface area contributed by atoms with E-state index in [2.05, 4.69) is 5.32 Å². The average molecular weight is 321 g/mol. The first-order chi connectivity index (χ1) is 11.5. The number of amides is 1. The van der Waals surface area contributed by atoms with E-state index in [1.54, 1.807) is 19.1 Å². The van der Waals surface area contributed by atoms with E-state index < -0.39 is 10.8 Å². The molecule has 1 N–H and O–H groups in total. The Morgan fingerprint density at radius 2 is 2.00 bits per heavy atom. The molecule has 0 aromatic heterocycles. The Labute approximate surface area is 139 Å². The highest BCUT2D eigenvalue weighted by molar-refractivity contribution is 6.01. The van der Waals surface area contributed by atoms with Crippen LogP contribution < -0.4 is 5.32 Å². The monoisotopic (exact) mass is 321 g/mol. The van der Waals surface area contributed by atoms with Crippen LogP contribution in [0.5, 0.6) is 0 Å². The number of nitriles is 1. The van der Waals surface area contributed by atoms with E-state index in [0.29, 0.717) is 17.7 Å². The Morgan fingerprint density at radius 3 is 2.62 bits per heavy atom. The van der Waals surface area contributed by atoms with E-state index in [1.807, 2.05) is 36.4 Å². The number of hydrogen-bond donors (Lipinski definition) is 1. The van der Waals surface area contributed by atoms with Crippen LogP contribution >= 0.6 is 0 Å². The van der Waals surface area contributed by atoms with Crippen molar-refractivity contribution in [3.8, 4) is 6.07 Å². The van der Waals surface area contributed by atoms with Gasteiger partial charge in [-0.05, 0) is 24.1 Å². The van der Waals surface area contributed by atoms with Gasteiger partial charge in [-0.3, -0.25) is 14.9 Å². The molecule has 0 saturated carbocycles. The van der Waals surface area contributed by atoms with Gasteiger partial charge < -0.3 is 5.32 Å². The third kappa shape index (κ3) is 4.27. The number of aryl methyl sites for hydroxylation is 1. The van der Waals surface area contributed by atoms with Crippen LogP contribution in [0.3, 0.4) is 0 Å². The summed E-state index contributed by atoms with van der Waals surface area (Å²) in [5, 5.41) is 22.8. The fourth-order valence-electron chi connectivity index (χ4n) is 2.10. The molecule has 1 amide bonds. The third-order valence-corrected chi connectivity index (χ3v) is 3.40. The predicted octanol–water partition coefficient (Wildman–Crippen LogP) is 3.13. The fourth-order valence-corrected chi connectivity index (χ4v) is 2.10. The summed E-state index contributed by atoms with van der Waals surface area (Å²) < 4.78 is 0. The van der Waals surface area contributed by atoms with Gasteiger partial charge in [-0.1, -0.05) is 42.5 Å². The van der Waals surface area contributed by atoms with Crippen molar-refractivity contribution in [2.75, 3.05) is 0 Å². The van der Waals surface area contributed by atoms with E-state index in [4.69, 9.17) is 0 Å². The molecule has 120 valence electrons. The van der Waals surface area contributed by atoms with Crippen molar-refractivity contribution < 1.29 is 9.72 Å². The van der Waals surface area contributed by atoms with Crippen molar-refractivity contribution in [3.63, 3.8) is 0 Å². The number of carbonyl (C=O) groups excluding carboxylic acids is 1. The molecular weight excluding hydrogens is 306 g/mol. The maximum Gasteiger partial charge on any atom is 0.272 e. The molecule has 0 saturated heterocycles. The topological polar surface area (TPSA) is 96.0 Å². The van der Waals surface area contributed by atoms with Gasteiger partial charge in [-0.15, -0.1) is 0 Å². The molecule has 0 spiro atoms. The predicted molar refractivity (Wildman–Crippen MR) is 89.7 cm³/mol. The summed E-state index contributed by atoms with van der Waals surface area (Å²) in [6, 6.07) is 15.7. The molecule has 0 radical (unpaired) electrons. The number of hydrogen-bond acceptors (Lipinski definition) is 4. The highest BCUT2D eigenvalue weighted by atomic mass is 16.6. The fraction of sp³-hybridized carbons (Fsp3) is 0.111. The molecule has 0 aliphatic carbocycles. The first-order valence-electron chi connectivity index (χ1n) is 7.20. The molecule has 2 aromatic rings. The van der Waals surface area contributed by atoms with Crippen LogP contribution in [0, 0.1) is 28.4 Å². The third-order valence-electron chi connectivity index (χ3n) is 3.40. The van der Waals surface area contributed by atoms with Gasteiger partial charge in [0.15, 0.2) is 0 Å². The Balaban J connectivity index is 2.17. The number of rotatable bonds is 5. The molecule has 24 heavy (non-hydrogen) atoms. The average Bonchev–Trinajstić information content (AvgIpc) is 2.59. The van der Waals surface area contributed by atoms with Crippen molar-refractivity contribution in [2.24, 2.45) is 0 Å². The van der Waals surface area contributed by atoms with Crippen LogP contribution in [0.2, 0.25) is 0 Å². The van der Waals surface area contributed by atoms with Gasteiger partial charge in [0.2, 0.25) is 0 Å². The summed E-state index contributed by atoms with van der Waals surface area (Å²) >= 11 is 0. The summed E-state index contributed by atoms with van der Waals surface area (Å²) in [6.07, 6.45) is 1.34. The van der Waals surface area contributed by atoms with Gasteiger partial charge in [0, 0.05) is 18.2 Å². The Morgan fingerprint density at radius 1 is 1.29 bits per heavy atom. The number of carbonyl (C=O) groups is 1. The molecule has 0 unspecified atom stereocenters. The minimum absolute atomic E-state index is 0.0502.